The topological polar surface area (TPSA) is 62.6 Å². The van der Waals surface area contributed by atoms with E-state index in [1.165, 1.54) is 0 Å². The fourth-order valence-corrected chi connectivity index (χ4v) is 2.11. The summed E-state index contributed by atoms with van der Waals surface area (Å²) >= 11 is 0. The van der Waals surface area contributed by atoms with Crippen molar-refractivity contribution in [2.75, 3.05) is 6.79 Å². The summed E-state index contributed by atoms with van der Waals surface area (Å²) in [6.07, 6.45) is 0.742. The van der Waals surface area contributed by atoms with E-state index in [4.69, 9.17) is 14.2 Å². The zero-order valence-corrected chi connectivity index (χ0v) is 11.3. The number of hydrogen-bond donors (Lipinski definition) is 0. The van der Waals surface area contributed by atoms with Crippen molar-refractivity contribution in [1.29, 1.82) is 0 Å². The van der Waals surface area contributed by atoms with Crippen molar-refractivity contribution in [2.24, 2.45) is 7.05 Å². The normalized spacial score (nSPS) is 12.5. The molecule has 0 saturated heterocycles. The maximum absolute atomic E-state index is 11.1. The highest BCUT2D eigenvalue weighted by molar-refractivity contribution is 5.81. The molecule has 6 nitrogen and oxygen atoms in total. The summed E-state index contributed by atoms with van der Waals surface area (Å²) in [4.78, 5) is 11.1. The van der Waals surface area contributed by atoms with E-state index in [2.05, 4.69) is 5.10 Å². The summed E-state index contributed by atoms with van der Waals surface area (Å²) in [6, 6.07) is 5.24. The van der Waals surface area contributed by atoms with Crippen LogP contribution >= 0.6 is 0 Å². The zero-order valence-electron chi connectivity index (χ0n) is 11.3. The van der Waals surface area contributed by atoms with E-state index < -0.39 is 0 Å². The maximum atomic E-state index is 11.1. The van der Waals surface area contributed by atoms with Crippen LogP contribution in [0.4, 0.5) is 0 Å². The Hall–Kier alpha value is -2.50. The molecule has 0 bridgehead atoms. The van der Waals surface area contributed by atoms with E-state index in [0.29, 0.717) is 29.4 Å². The number of benzene rings is 1. The lowest BCUT2D eigenvalue weighted by atomic mass is 10.2. The van der Waals surface area contributed by atoms with Gasteiger partial charge in [0, 0.05) is 13.1 Å². The van der Waals surface area contributed by atoms with Crippen LogP contribution in [0, 0.1) is 6.92 Å². The molecular formula is C14H14N2O4. The summed E-state index contributed by atoms with van der Waals surface area (Å²) in [6.45, 7) is 2.41. The van der Waals surface area contributed by atoms with Gasteiger partial charge in [-0.1, -0.05) is 0 Å². The second-order valence-corrected chi connectivity index (χ2v) is 4.55. The van der Waals surface area contributed by atoms with E-state index in [-0.39, 0.29) is 6.79 Å². The number of hydrogen-bond acceptors (Lipinski definition) is 5. The van der Waals surface area contributed by atoms with E-state index in [0.717, 1.165) is 17.7 Å². The van der Waals surface area contributed by atoms with Crippen LogP contribution < -0.4 is 14.2 Å². The Morgan fingerprint density at radius 2 is 2.10 bits per heavy atom. The maximum Gasteiger partial charge on any atom is 0.231 e. The smallest absolute Gasteiger partial charge is 0.231 e. The number of carbonyl (C=O) groups is 1. The molecule has 104 valence electrons. The molecule has 0 spiro atoms. The molecule has 2 aromatic rings. The zero-order chi connectivity index (χ0) is 14.1. The molecule has 2 heterocycles. The third-order valence-corrected chi connectivity index (χ3v) is 3.11. The van der Waals surface area contributed by atoms with Crippen LogP contribution in [0.25, 0.3) is 0 Å². The molecule has 0 atom stereocenters. The molecule has 0 N–H and O–H groups in total. The summed E-state index contributed by atoms with van der Waals surface area (Å²) in [5, 5.41) is 4.25. The van der Waals surface area contributed by atoms with Gasteiger partial charge in [-0.15, -0.1) is 0 Å². The van der Waals surface area contributed by atoms with Gasteiger partial charge in [0.15, 0.2) is 17.8 Å². The SMILES string of the molecule is Cc1cc(COc2cc3c(cc2C=O)OCO3)n(C)n1. The van der Waals surface area contributed by atoms with Crippen molar-refractivity contribution in [3.63, 3.8) is 0 Å². The molecule has 0 unspecified atom stereocenters. The number of rotatable bonds is 4. The van der Waals surface area contributed by atoms with Crippen molar-refractivity contribution in [2.45, 2.75) is 13.5 Å². The minimum Gasteiger partial charge on any atom is -0.486 e. The number of ether oxygens (including phenoxy) is 3. The lowest BCUT2D eigenvalue weighted by Crippen LogP contribution is -2.04. The Kier molecular flexibility index (Phi) is 3.06. The van der Waals surface area contributed by atoms with Crippen molar-refractivity contribution < 1.29 is 19.0 Å². The Morgan fingerprint density at radius 3 is 2.75 bits per heavy atom. The minimum atomic E-state index is 0.165. The van der Waals surface area contributed by atoms with Gasteiger partial charge in [0.05, 0.1) is 17.0 Å². The highest BCUT2D eigenvalue weighted by Gasteiger charge is 2.18. The van der Waals surface area contributed by atoms with Gasteiger partial charge in [0.25, 0.3) is 0 Å². The molecule has 20 heavy (non-hydrogen) atoms. The number of aryl methyl sites for hydroxylation is 2. The highest BCUT2D eigenvalue weighted by Crippen LogP contribution is 2.37. The summed E-state index contributed by atoms with van der Waals surface area (Å²) in [7, 11) is 1.85. The number of aldehydes is 1. The van der Waals surface area contributed by atoms with Gasteiger partial charge in [0.2, 0.25) is 6.79 Å². The third-order valence-electron chi connectivity index (χ3n) is 3.11. The second-order valence-electron chi connectivity index (χ2n) is 4.55. The van der Waals surface area contributed by atoms with Gasteiger partial charge in [0.1, 0.15) is 12.4 Å². The van der Waals surface area contributed by atoms with Crippen molar-refractivity contribution in [3.05, 3.63) is 35.2 Å². The lowest BCUT2D eigenvalue weighted by molar-refractivity contribution is 0.111. The number of fused-ring (bicyclic) bond motifs is 1. The number of carbonyl (C=O) groups excluding carboxylic acids is 1. The molecule has 1 aromatic heterocycles. The third kappa shape index (κ3) is 2.20. The standard InChI is InChI=1S/C14H14N2O4/c1-9-3-11(16(2)15-9)7-18-12-5-14-13(19-8-20-14)4-10(12)6-17/h3-6H,7-8H2,1-2H3. The van der Waals surface area contributed by atoms with Crippen LogP contribution in [0.15, 0.2) is 18.2 Å². The van der Waals surface area contributed by atoms with Crippen LogP contribution in [-0.2, 0) is 13.7 Å². The molecule has 1 aromatic carbocycles. The predicted octanol–water partition coefficient (Wildman–Crippen LogP) is 1.85. The molecule has 3 rings (SSSR count). The quantitative estimate of drug-likeness (QED) is 0.796. The Morgan fingerprint density at radius 1 is 1.35 bits per heavy atom. The summed E-state index contributed by atoms with van der Waals surface area (Å²) < 4.78 is 18.0. The molecule has 6 heteroatoms. The molecular weight excluding hydrogens is 260 g/mol. The van der Waals surface area contributed by atoms with E-state index in [1.54, 1.807) is 16.8 Å². The minimum absolute atomic E-state index is 0.165. The first-order chi connectivity index (χ1) is 9.67. The second kappa shape index (κ2) is 4.88. The van der Waals surface area contributed by atoms with Gasteiger partial charge in [-0.3, -0.25) is 9.48 Å². The average molecular weight is 274 g/mol. The van der Waals surface area contributed by atoms with Gasteiger partial charge in [-0.25, -0.2) is 0 Å². The molecule has 0 saturated carbocycles. The lowest BCUT2D eigenvalue weighted by Gasteiger charge is -2.09. The van der Waals surface area contributed by atoms with Gasteiger partial charge in [-0.05, 0) is 19.1 Å². The van der Waals surface area contributed by atoms with Gasteiger partial charge < -0.3 is 14.2 Å². The van der Waals surface area contributed by atoms with Crippen LogP contribution in [-0.4, -0.2) is 22.9 Å². The Balaban J connectivity index is 1.83. The Labute approximate surface area is 115 Å². The predicted molar refractivity (Wildman–Crippen MR) is 70.2 cm³/mol. The first kappa shape index (κ1) is 12.5. The number of aromatic nitrogens is 2. The highest BCUT2D eigenvalue weighted by atomic mass is 16.7. The first-order valence-electron chi connectivity index (χ1n) is 6.18. The fraction of sp³-hybridized carbons (Fsp3) is 0.286. The van der Waals surface area contributed by atoms with Crippen LogP contribution in [0.5, 0.6) is 17.2 Å². The average Bonchev–Trinajstić information content (AvgIpc) is 3.00. The molecule has 0 fully saturated rings. The van der Waals surface area contributed by atoms with E-state index >= 15 is 0 Å². The van der Waals surface area contributed by atoms with Gasteiger partial charge in [-0.2, -0.15) is 5.10 Å². The van der Waals surface area contributed by atoms with Crippen molar-refractivity contribution >= 4 is 6.29 Å². The summed E-state index contributed by atoms with van der Waals surface area (Å²) in [5.41, 5.74) is 2.29. The molecule has 0 radical (unpaired) electrons. The van der Waals surface area contributed by atoms with Crippen molar-refractivity contribution in [1.82, 2.24) is 9.78 Å². The van der Waals surface area contributed by atoms with Crippen molar-refractivity contribution in [3.8, 4) is 17.2 Å². The first-order valence-corrected chi connectivity index (χ1v) is 6.18. The monoisotopic (exact) mass is 274 g/mol. The molecule has 0 amide bonds. The largest absolute Gasteiger partial charge is 0.486 e. The molecule has 1 aliphatic heterocycles. The van der Waals surface area contributed by atoms with E-state index in [9.17, 15) is 4.79 Å². The van der Waals surface area contributed by atoms with Crippen LogP contribution in [0.2, 0.25) is 0 Å². The summed E-state index contributed by atoms with van der Waals surface area (Å²) in [5.74, 6) is 1.63. The number of nitrogens with zero attached hydrogens (tertiary/aromatic N) is 2. The van der Waals surface area contributed by atoms with Gasteiger partial charge >= 0.3 is 0 Å². The fourth-order valence-electron chi connectivity index (χ4n) is 2.11. The van der Waals surface area contributed by atoms with E-state index in [1.807, 2.05) is 20.0 Å². The molecule has 0 aliphatic carbocycles. The van der Waals surface area contributed by atoms with Crippen LogP contribution in [0.3, 0.4) is 0 Å². The van der Waals surface area contributed by atoms with Crippen LogP contribution in [0.1, 0.15) is 21.7 Å². The Bertz CT molecular complexity index is 663. The molecule has 1 aliphatic rings.